The minimum absolute atomic E-state index is 0.0218. The third-order valence-electron chi connectivity index (χ3n) is 4.74. The molecule has 148 valence electrons. The molecule has 1 saturated carbocycles. The van der Waals surface area contributed by atoms with Crippen molar-refractivity contribution in [3.63, 3.8) is 0 Å². The van der Waals surface area contributed by atoms with Gasteiger partial charge in [0.05, 0.1) is 18.1 Å². The van der Waals surface area contributed by atoms with Crippen LogP contribution in [0.4, 0.5) is 0 Å². The minimum Gasteiger partial charge on any atom is -0.349 e. The second-order valence-electron chi connectivity index (χ2n) is 7.10. The Bertz CT molecular complexity index is 1090. The number of carbonyl (C=O) groups is 1. The highest BCUT2D eigenvalue weighted by Gasteiger charge is 2.24. The lowest BCUT2D eigenvalue weighted by atomic mass is 10.0. The zero-order chi connectivity index (χ0) is 20.4. The molecule has 3 aromatic rings. The van der Waals surface area contributed by atoms with Crippen molar-refractivity contribution in [1.82, 2.24) is 24.9 Å². The first-order chi connectivity index (χ1) is 14.0. The van der Waals surface area contributed by atoms with Crippen molar-refractivity contribution < 1.29 is 4.79 Å². The average molecular weight is 407 g/mol. The first-order valence-corrected chi connectivity index (χ1v) is 9.86. The smallest absolute Gasteiger partial charge is 0.251 e. The Morgan fingerprint density at radius 1 is 1.31 bits per heavy atom. The lowest BCUT2D eigenvalue weighted by Crippen LogP contribution is -2.25. The van der Waals surface area contributed by atoms with Crippen LogP contribution in [0.2, 0.25) is 0 Å². The summed E-state index contributed by atoms with van der Waals surface area (Å²) in [5, 5.41) is 12.0. The Labute approximate surface area is 174 Å². The van der Waals surface area contributed by atoms with Crippen LogP contribution in [0.1, 0.15) is 35.7 Å². The minimum atomic E-state index is -0.0218. The molecule has 0 unspecified atom stereocenters. The standard InChI is InChI=1S/C21H22N6OS/c1-14-4-5-16(20(28)25-18-6-7-18)10-19(14)17-12-24-27(13-17)15(2)11-22-21(29)26-9-3-8-23-26/h3-5,8-13,18H,6-7H2,1-2H3,(H,22,29)(H,25,28)/b15-11+. The van der Waals surface area contributed by atoms with Gasteiger partial charge in [-0.1, -0.05) is 6.07 Å². The lowest BCUT2D eigenvalue weighted by molar-refractivity contribution is 0.0951. The number of allylic oxidation sites excluding steroid dienone is 1. The second kappa shape index (κ2) is 8.08. The number of hydrogen-bond acceptors (Lipinski definition) is 4. The highest BCUT2D eigenvalue weighted by molar-refractivity contribution is 7.96. The van der Waals surface area contributed by atoms with Gasteiger partial charge in [-0.2, -0.15) is 10.2 Å². The van der Waals surface area contributed by atoms with Crippen LogP contribution in [0.25, 0.3) is 16.8 Å². The van der Waals surface area contributed by atoms with E-state index in [2.05, 4.69) is 33.1 Å². The summed E-state index contributed by atoms with van der Waals surface area (Å²) in [6.07, 6.45) is 11.0. The van der Waals surface area contributed by atoms with E-state index in [0.717, 1.165) is 35.2 Å². The van der Waals surface area contributed by atoms with Crippen LogP contribution in [0, 0.1) is 6.92 Å². The summed E-state index contributed by atoms with van der Waals surface area (Å²) in [7, 11) is 0. The summed E-state index contributed by atoms with van der Waals surface area (Å²) in [4.78, 5) is 16.7. The number of carbonyl (C=O) groups excluding carboxylic acids is 1. The second-order valence-corrected chi connectivity index (χ2v) is 7.50. The van der Waals surface area contributed by atoms with E-state index in [1.165, 1.54) is 0 Å². The molecule has 2 heterocycles. The quantitative estimate of drug-likeness (QED) is 0.386. The van der Waals surface area contributed by atoms with E-state index in [9.17, 15) is 4.79 Å². The van der Waals surface area contributed by atoms with E-state index in [4.69, 9.17) is 0 Å². The number of aliphatic imine (C=N–C) groups is 1. The number of nitrogens with one attached hydrogen (secondary N) is 1. The van der Waals surface area contributed by atoms with E-state index in [0.29, 0.717) is 16.8 Å². The summed E-state index contributed by atoms with van der Waals surface area (Å²) < 4.78 is 3.32. The van der Waals surface area contributed by atoms with Crippen molar-refractivity contribution in [2.24, 2.45) is 4.99 Å². The van der Waals surface area contributed by atoms with Crippen LogP contribution in [0.5, 0.6) is 0 Å². The van der Waals surface area contributed by atoms with E-state index in [1.807, 2.05) is 44.3 Å². The SMILES string of the molecule is C/C(=C\N=C(/S)n1cccn1)n1cc(-c2cc(C(=O)NC3CC3)ccc2C)cn1. The maximum atomic E-state index is 12.4. The van der Waals surface area contributed by atoms with Crippen molar-refractivity contribution in [2.45, 2.75) is 32.7 Å². The fourth-order valence-electron chi connectivity index (χ4n) is 2.88. The van der Waals surface area contributed by atoms with Gasteiger partial charge in [0.1, 0.15) is 0 Å². The van der Waals surface area contributed by atoms with Crippen LogP contribution < -0.4 is 5.32 Å². The van der Waals surface area contributed by atoms with Crippen LogP contribution in [0.3, 0.4) is 0 Å². The van der Waals surface area contributed by atoms with Gasteiger partial charge in [0.25, 0.3) is 5.91 Å². The third-order valence-corrected chi connectivity index (χ3v) is 5.06. The zero-order valence-electron chi connectivity index (χ0n) is 16.3. The lowest BCUT2D eigenvalue weighted by Gasteiger charge is -2.08. The molecule has 2 aromatic heterocycles. The Morgan fingerprint density at radius 3 is 2.86 bits per heavy atom. The maximum Gasteiger partial charge on any atom is 0.251 e. The molecule has 0 bridgehead atoms. The van der Waals surface area contributed by atoms with E-state index >= 15 is 0 Å². The predicted molar refractivity (Wildman–Crippen MR) is 117 cm³/mol. The molecule has 29 heavy (non-hydrogen) atoms. The fraction of sp³-hybridized carbons (Fsp3) is 0.238. The van der Waals surface area contributed by atoms with Crippen LogP contribution >= 0.6 is 12.6 Å². The normalized spacial score (nSPS) is 14.9. The van der Waals surface area contributed by atoms with Crippen LogP contribution in [-0.4, -0.2) is 36.7 Å². The van der Waals surface area contributed by atoms with Gasteiger partial charge < -0.3 is 5.32 Å². The number of aryl methyl sites for hydroxylation is 1. The molecule has 1 fully saturated rings. The largest absolute Gasteiger partial charge is 0.349 e. The van der Waals surface area contributed by atoms with Gasteiger partial charge in [-0.05, 0) is 56.0 Å². The number of amides is 1. The molecule has 0 radical (unpaired) electrons. The number of benzene rings is 1. The van der Waals surface area contributed by atoms with E-state index in [-0.39, 0.29) is 5.91 Å². The fourth-order valence-corrected chi connectivity index (χ4v) is 3.06. The van der Waals surface area contributed by atoms with Crippen molar-refractivity contribution in [1.29, 1.82) is 0 Å². The molecule has 4 rings (SSSR count). The van der Waals surface area contributed by atoms with Crippen molar-refractivity contribution >= 4 is 29.4 Å². The van der Waals surface area contributed by atoms with Crippen LogP contribution in [0.15, 0.2) is 60.2 Å². The van der Waals surface area contributed by atoms with Gasteiger partial charge in [-0.15, -0.1) is 12.6 Å². The molecule has 8 heteroatoms. The molecule has 1 aromatic carbocycles. The first-order valence-electron chi connectivity index (χ1n) is 9.42. The number of aromatic nitrogens is 4. The highest BCUT2D eigenvalue weighted by atomic mass is 32.1. The number of thiol groups is 1. The van der Waals surface area contributed by atoms with Gasteiger partial charge >= 0.3 is 0 Å². The summed E-state index contributed by atoms with van der Waals surface area (Å²) in [6.45, 7) is 3.94. The average Bonchev–Trinajstić information content (AvgIpc) is 3.18. The molecular formula is C21H22N6OS. The molecule has 0 spiro atoms. The number of hydrogen-bond donors (Lipinski definition) is 2. The van der Waals surface area contributed by atoms with Gasteiger partial charge in [-0.3, -0.25) is 4.79 Å². The number of rotatable bonds is 5. The maximum absolute atomic E-state index is 12.4. The van der Waals surface area contributed by atoms with E-state index < -0.39 is 0 Å². The van der Waals surface area contributed by atoms with Gasteiger partial charge in [0.15, 0.2) is 5.17 Å². The monoisotopic (exact) mass is 406 g/mol. The van der Waals surface area contributed by atoms with Gasteiger partial charge in [0, 0.05) is 35.8 Å². The molecule has 0 saturated heterocycles. The predicted octanol–water partition coefficient (Wildman–Crippen LogP) is 3.60. The first kappa shape index (κ1) is 19.2. The van der Waals surface area contributed by atoms with Crippen molar-refractivity contribution in [2.75, 3.05) is 0 Å². The summed E-state index contributed by atoms with van der Waals surface area (Å²) in [5.74, 6) is -0.0218. The molecule has 0 atom stereocenters. The van der Waals surface area contributed by atoms with Crippen molar-refractivity contribution in [3.05, 3.63) is 66.4 Å². The number of nitrogens with zero attached hydrogens (tertiary/aromatic N) is 5. The molecule has 1 aliphatic rings. The topological polar surface area (TPSA) is 77.1 Å². The van der Waals surface area contributed by atoms with Crippen molar-refractivity contribution in [3.8, 4) is 11.1 Å². The van der Waals surface area contributed by atoms with Gasteiger partial charge in [0.2, 0.25) is 0 Å². The Kier molecular flexibility index (Phi) is 5.35. The molecule has 7 nitrogen and oxygen atoms in total. The molecule has 1 aliphatic carbocycles. The van der Waals surface area contributed by atoms with Crippen LogP contribution in [-0.2, 0) is 0 Å². The Hall–Kier alpha value is -3.13. The Morgan fingerprint density at radius 2 is 2.14 bits per heavy atom. The third kappa shape index (κ3) is 4.48. The molecule has 0 aliphatic heterocycles. The van der Waals surface area contributed by atoms with Gasteiger partial charge in [-0.25, -0.2) is 14.4 Å². The summed E-state index contributed by atoms with van der Waals surface area (Å²) in [5.41, 5.74) is 4.51. The highest BCUT2D eigenvalue weighted by Crippen LogP contribution is 2.26. The van der Waals surface area contributed by atoms with E-state index in [1.54, 1.807) is 34.2 Å². The zero-order valence-corrected chi connectivity index (χ0v) is 17.2. The Balaban J connectivity index is 1.56. The molecular weight excluding hydrogens is 384 g/mol. The summed E-state index contributed by atoms with van der Waals surface area (Å²) in [6, 6.07) is 7.91. The molecule has 1 amide bonds. The summed E-state index contributed by atoms with van der Waals surface area (Å²) >= 11 is 4.35. The molecule has 1 N–H and O–H groups in total.